The minimum absolute atomic E-state index is 0.237. The van der Waals surface area contributed by atoms with Gasteiger partial charge in [0.15, 0.2) is 12.7 Å². The average molecular weight is 442 g/mol. The molecule has 1 aliphatic carbocycles. The first-order valence-corrected chi connectivity index (χ1v) is 10.7. The highest BCUT2D eigenvalue weighted by atomic mass is 32.1. The Hall–Kier alpha value is -3.38. The summed E-state index contributed by atoms with van der Waals surface area (Å²) in [6.07, 6.45) is 1.07. The fraction of sp³-hybridized carbons (Fsp3) is 0.364. The van der Waals surface area contributed by atoms with Gasteiger partial charge in [-0.1, -0.05) is 0 Å². The van der Waals surface area contributed by atoms with Gasteiger partial charge in [0, 0.05) is 0 Å². The number of nitriles is 1. The van der Waals surface area contributed by atoms with E-state index in [0.717, 1.165) is 18.4 Å². The number of thiophene rings is 1. The van der Waals surface area contributed by atoms with Crippen molar-refractivity contribution >= 4 is 34.2 Å². The molecular weight excluding hydrogens is 420 g/mol. The molecule has 162 valence electrons. The summed E-state index contributed by atoms with van der Waals surface area (Å²) in [6.45, 7) is 2.94. The number of hydrogen-bond donors (Lipinski definition) is 1. The highest BCUT2D eigenvalue weighted by Crippen LogP contribution is 2.46. The fourth-order valence-corrected chi connectivity index (χ4v) is 3.90. The summed E-state index contributed by atoms with van der Waals surface area (Å²) in [5, 5.41) is 13.7. The lowest BCUT2D eigenvalue weighted by Gasteiger charge is -2.14. The number of hydrogen-bond acceptors (Lipinski definition) is 8. The molecule has 1 fully saturated rings. The molecule has 1 heterocycles. The summed E-state index contributed by atoms with van der Waals surface area (Å²) in [5.41, 5.74) is 1.74. The van der Waals surface area contributed by atoms with E-state index in [-0.39, 0.29) is 6.61 Å². The van der Waals surface area contributed by atoms with Crippen LogP contribution in [0.5, 0.6) is 5.75 Å². The molecule has 0 radical (unpaired) electrons. The summed E-state index contributed by atoms with van der Waals surface area (Å²) in [5.74, 6) is -1.02. The van der Waals surface area contributed by atoms with Crippen LogP contribution >= 0.6 is 11.3 Å². The molecule has 1 amide bonds. The Labute approximate surface area is 183 Å². The molecule has 0 saturated heterocycles. The monoisotopic (exact) mass is 442 g/mol. The van der Waals surface area contributed by atoms with Crippen molar-refractivity contribution in [3.63, 3.8) is 0 Å². The van der Waals surface area contributed by atoms with Gasteiger partial charge in [-0.3, -0.25) is 4.79 Å². The lowest BCUT2D eigenvalue weighted by Crippen LogP contribution is -2.29. The Morgan fingerprint density at radius 3 is 2.55 bits per heavy atom. The lowest BCUT2D eigenvalue weighted by molar-refractivity contribution is -0.153. The van der Waals surface area contributed by atoms with Crippen molar-refractivity contribution in [3.8, 4) is 11.8 Å². The van der Waals surface area contributed by atoms with Crippen molar-refractivity contribution in [2.24, 2.45) is 0 Å². The number of esters is 2. The third-order valence-corrected chi connectivity index (χ3v) is 5.46. The number of anilines is 1. The second kappa shape index (κ2) is 10.1. The van der Waals surface area contributed by atoms with Crippen LogP contribution in [0.2, 0.25) is 0 Å². The van der Waals surface area contributed by atoms with Crippen LogP contribution in [-0.2, 0) is 19.1 Å². The zero-order valence-corrected chi connectivity index (χ0v) is 18.0. The molecule has 1 unspecified atom stereocenters. The second-order valence-corrected chi connectivity index (χ2v) is 7.82. The van der Waals surface area contributed by atoms with Crippen molar-refractivity contribution in [1.82, 2.24) is 0 Å². The lowest BCUT2D eigenvalue weighted by atomic mass is 10.1. The highest BCUT2D eigenvalue weighted by Gasteiger charge is 2.32. The number of nitrogens with zero attached hydrogens (tertiary/aromatic N) is 1. The van der Waals surface area contributed by atoms with Gasteiger partial charge in [-0.2, -0.15) is 5.26 Å². The average Bonchev–Trinajstić information content (AvgIpc) is 3.53. The van der Waals surface area contributed by atoms with E-state index in [1.165, 1.54) is 18.3 Å². The van der Waals surface area contributed by atoms with Crippen molar-refractivity contribution in [1.29, 1.82) is 5.26 Å². The van der Waals surface area contributed by atoms with Crippen LogP contribution in [0.25, 0.3) is 0 Å². The van der Waals surface area contributed by atoms with Crippen LogP contribution in [0, 0.1) is 11.3 Å². The van der Waals surface area contributed by atoms with Gasteiger partial charge in [0.05, 0.1) is 23.8 Å². The van der Waals surface area contributed by atoms with Gasteiger partial charge in [0.25, 0.3) is 5.91 Å². The van der Waals surface area contributed by atoms with Gasteiger partial charge in [-0.25, -0.2) is 9.59 Å². The van der Waals surface area contributed by atoms with Gasteiger partial charge in [0.2, 0.25) is 0 Å². The molecule has 1 atom stereocenters. The van der Waals surface area contributed by atoms with Crippen LogP contribution in [0.4, 0.5) is 5.00 Å². The first-order valence-electron chi connectivity index (χ1n) is 9.84. The number of nitrogens with one attached hydrogen (secondary N) is 1. The molecule has 0 bridgehead atoms. The normalized spacial score (nSPS) is 13.6. The largest absolute Gasteiger partial charge is 0.479 e. The fourth-order valence-electron chi connectivity index (χ4n) is 2.85. The summed E-state index contributed by atoms with van der Waals surface area (Å²) >= 11 is 1.25. The maximum atomic E-state index is 12.3. The molecule has 1 N–H and O–H groups in total. The highest BCUT2D eigenvalue weighted by molar-refractivity contribution is 7.15. The van der Waals surface area contributed by atoms with E-state index < -0.39 is 30.6 Å². The van der Waals surface area contributed by atoms with Gasteiger partial charge >= 0.3 is 11.9 Å². The first kappa shape index (κ1) is 22.3. The smallest absolute Gasteiger partial charge is 0.347 e. The van der Waals surface area contributed by atoms with Crippen molar-refractivity contribution in [2.45, 2.75) is 38.7 Å². The number of benzene rings is 1. The molecule has 9 heteroatoms. The Bertz CT molecular complexity index is 1000. The van der Waals surface area contributed by atoms with Gasteiger partial charge in [-0.05, 0) is 67.8 Å². The Morgan fingerprint density at radius 2 is 1.94 bits per heavy atom. The van der Waals surface area contributed by atoms with E-state index in [1.807, 2.05) is 11.4 Å². The minimum atomic E-state index is -0.945. The second-order valence-electron chi connectivity index (χ2n) is 6.94. The SMILES string of the molecule is CCOC(=O)c1c(C2CC2)csc1NC(=O)COC(=O)C(C)Oc1ccc(C#N)cc1. The maximum Gasteiger partial charge on any atom is 0.347 e. The van der Waals surface area contributed by atoms with Crippen LogP contribution < -0.4 is 10.1 Å². The predicted octanol–water partition coefficient (Wildman–Crippen LogP) is 3.62. The molecule has 8 nitrogen and oxygen atoms in total. The van der Waals surface area contributed by atoms with E-state index >= 15 is 0 Å². The summed E-state index contributed by atoms with van der Waals surface area (Å²) in [7, 11) is 0. The van der Waals surface area contributed by atoms with Crippen LogP contribution in [0.1, 0.15) is 54.1 Å². The Morgan fingerprint density at radius 1 is 1.23 bits per heavy atom. The number of ether oxygens (including phenoxy) is 3. The molecule has 1 aliphatic rings. The Balaban J connectivity index is 1.54. The summed E-state index contributed by atoms with van der Waals surface area (Å²) < 4.78 is 15.6. The molecule has 0 spiro atoms. The van der Waals surface area contributed by atoms with Gasteiger partial charge < -0.3 is 19.5 Å². The van der Waals surface area contributed by atoms with Crippen LogP contribution in [0.15, 0.2) is 29.6 Å². The van der Waals surface area contributed by atoms with E-state index in [4.69, 9.17) is 19.5 Å². The number of carbonyl (C=O) groups excluding carboxylic acids is 3. The molecule has 1 aromatic carbocycles. The van der Waals surface area contributed by atoms with Crippen LogP contribution in [-0.4, -0.2) is 37.2 Å². The molecular formula is C22H22N2O6S. The topological polar surface area (TPSA) is 115 Å². The summed E-state index contributed by atoms with van der Waals surface area (Å²) in [4.78, 5) is 36.8. The van der Waals surface area contributed by atoms with Crippen molar-refractivity contribution < 1.29 is 28.6 Å². The minimum Gasteiger partial charge on any atom is -0.479 e. The van der Waals surface area contributed by atoms with E-state index in [0.29, 0.717) is 27.8 Å². The quantitative estimate of drug-likeness (QED) is 0.590. The third kappa shape index (κ3) is 5.83. The van der Waals surface area contributed by atoms with E-state index in [1.54, 1.807) is 31.2 Å². The predicted molar refractivity (Wildman–Crippen MR) is 113 cm³/mol. The zero-order chi connectivity index (χ0) is 22.4. The molecule has 3 rings (SSSR count). The van der Waals surface area contributed by atoms with Crippen molar-refractivity contribution in [2.75, 3.05) is 18.5 Å². The number of amides is 1. The molecule has 2 aromatic rings. The Kier molecular flexibility index (Phi) is 7.26. The van der Waals surface area contributed by atoms with E-state index in [2.05, 4.69) is 5.32 Å². The standard InChI is InChI=1S/C22H22N2O6S/c1-3-28-22(27)19-17(15-6-7-15)12-31-20(19)24-18(25)11-29-21(26)13(2)30-16-8-4-14(10-23)5-9-16/h4-5,8-9,12-13,15H,3,6-7,11H2,1-2H3,(H,24,25). The van der Waals surface area contributed by atoms with E-state index in [9.17, 15) is 14.4 Å². The molecule has 0 aliphatic heterocycles. The molecule has 31 heavy (non-hydrogen) atoms. The van der Waals surface area contributed by atoms with Crippen LogP contribution in [0.3, 0.4) is 0 Å². The number of carbonyl (C=O) groups is 3. The first-order chi connectivity index (χ1) is 14.9. The van der Waals surface area contributed by atoms with Crippen molar-refractivity contribution in [3.05, 3.63) is 46.3 Å². The molecule has 1 aromatic heterocycles. The molecule has 1 saturated carbocycles. The van der Waals surface area contributed by atoms with Gasteiger partial charge in [-0.15, -0.1) is 11.3 Å². The summed E-state index contributed by atoms with van der Waals surface area (Å²) in [6, 6.07) is 8.27. The number of rotatable bonds is 9. The third-order valence-electron chi connectivity index (χ3n) is 4.54. The maximum absolute atomic E-state index is 12.3. The van der Waals surface area contributed by atoms with Gasteiger partial charge in [0.1, 0.15) is 10.8 Å². The zero-order valence-electron chi connectivity index (χ0n) is 17.2.